The predicted octanol–water partition coefficient (Wildman–Crippen LogP) is 2.26. The Kier molecular flexibility index (Phi) is 4.26. The average molecular weight is 330 g/mol. The van der Waals surface area contributed by atoms with Crippen molar-refractivity contribution in [2.75, 3.05) is 13.1 Å². The Morgan fingerprint density at radius 3 is 2.79 bits per heavy atom. The Balaban J connectivity index is 1.99. The Labute approximate surface area is 140 Å². The summed E-state index contributed by atoms with van der Waals surface area (Å²) in [4.78, 5) is 30.4. The van der Waals surface area contributed by atoms with Gasteiger partial charge < -0.3 is 10.0 Å². The molecule has 0 spiro atoms. The smallest absolute Gasteiger partial charge is 0.308 e. The second-order valence-corrected chi connectivity index (χ2v) is 6.66. The summed E-state index contributed by atoms with van der Waals surface area (Å²) in [6.45, 7) is 6.73. The number of hydrogen-bond donors (Lipinski definition) is 1. The highest BCUT2D eigenvalue weighted by Gasteiger charge is 2.30. The zero-order valence-electron chi connectivity index (χ0n) is 14.2. The normalized spacial score (nSPS) is 18.3. The molecule has 0 aliphatic carbocycles. The maximum absolute atomic E-state index is 13.0. The van der Waals surface area contributed by atoms with E-state index in [2.05, 4.69) is 10.1 Å². The van der Waals surface area contributed by atoms with Gasteiger partial charge in [-0.3, -0.25) is 9.59 Å². The Hall–Kier alpha value is -2.44. The van der Waals surface area contributed by atoms with Crippen LogP contribution < -0.4 is 0 Å². The summed E-state index contributed by atoms with van der Waals surface area (Å²) in [5.74, 6) is -1.46. The lowest BCUT2D eigenvalue weighted by atomic mass is 9.97. The van der Waals surface area contributed by atoms with Crippen molar-refractivity contribution in [3.05, 3.63) is 23.5 Å². The van der Waals surface area contributed by atoms with E-state index in [9.17, 15) is 14.7 Å². The number of aliphatic carboxylic acids is 1. The third-order valence-electron chi connectivity index (χ3n) is 4.47. The van der Waals surface area contributed by atoms with E-state index in [0.717, 1.165) is 11.1 Å². The van der Waals surface area contributed by atoms with E-state index in [0.29, 0.717) is 30.6 Å². The van der Waals surface area contributed by atoms with E-state index in [1.165, 1.54) is 0 Å². The quantitative estimate of drug-likeness (QED) is 0.932. The molecule has 3 rings (SSSR count). The first-order valence-corrected chi connectivity index (χ1v) is 8.25. The molecule has 1 amide bonds. The van der Waals surface area contributed by atoms with Crippen molar-refractivity contribution >= 4 is 22.9 Å². The number of carboxylic acids is 1. The molecule has 1 N–H and O–H groups in total. The highest BCUT2D eigenvalue weighted by molar-refractivity contribution is 6.05. The molecule has 7 heteroatoms. The first-order valence-electron chi connectivity index (χ1n) is 8.25. The number of hydrogen-bond acceptors (Lipinski definition) is 4. The van der Waals surface area contributed by atoms with Gasteiger partial charge in [-0.25, -0.2) is 9.67 Å². The summed E-state index contributed by atoms with van der Waals surface area (Å²) in [5, 5.41) is 14.3. The van der Waals surface area contributed by atoms with Gasteiger partial charge in [-0.05, 0) is 39.7 Å². The van der Waals surface area contributed by atoms with Crippen molar-refractivity contribution in [2.45, 2.75) is 39.7 Å². The molecule has 3 heterocycles. The van der Waals surface area contributed by atoms with Crippen molar-refractivity contribution in [2.24, 2.45) is 5.92 Å². The Morgan fingerprint density at radius 2 is 2.12 bits per heavy atom. The summed E-state index contributed by atoms with van der Waals surface area (Å²) >= 11 is 0. The maximum Gasteiger partial charge on any atom is 0.308 e. The molecule has 2 aromatic rings. The van der Waals surface area contributed by atoms with Crippen LogP contribution in [0.25, 0.3) is 11.0 Å². The molecule has 7 nitrogen and oxygen atoms in total. The standard InChI is InChI=1S/C17H22N4O3/c1-10(2)21-15-14(8-18-21)13(7-11(3)19-15)16(22)20-6-4-5-12(9-20)17(23)24/h7-8,10,12H,4-6,9H2,1-3H3,(H,23,24). The minimum atomic E-state index is -0.837. The van der Waals surface area contributed by atoms with Crippen molar-refractivity contribution < 1.29 is 14.7 Å². The van der Waals surface area contributed by atoms with Gasteiger partial charge in [0, 0.05) is 24.8 Å². The van der Waals surface area contributed by atoms with Crippen molar-refractivity contribution in [3.8, 4) is 0 Å². The fourth-order valence-electron chi connectivity index (χ4n) is 3.23. The SMILES string of the molecule is Cc1cc(C(=O)N2CCCC(C(=O)O)C2)c2cnn(C(C)C)c2n1. The minimum Gasteiger partial charge on any atom is -0.481 e. The number of likely N-dealkylation sites (tertiary alicyclic amines) is 1. The molecule has 1 saturated heterocycles. The van der Waals surface area contributed by atoms with Crippen LogP contribution in [0.5, 0.6) is 0 Å². The zero-order valence-corrected chi connectivity index (χ0v) is 14.2. The molecule has 1 unspecified atom stereocenters. The van der Waals surface area contributed by atoms with E-state index in [1.54, 1.807) is 21.8 Å². The molecule has 0 aromatic carbocycles. The van der Waals surface area contributed by atoms with E-state index in [4.69, 9.17) is 0 Å². The lowest BCUT2D eigenvalue weighted by molar-refractivity contribution is -0.143. The number of rotatable bonds is 3. The summed E-state index contributed by atoms with van der Waals surface area (Å²) < 4.78 is 1.80. The van der Waals surface area contributed by atoms with Crippen LogP contribution in [0.4, 0.5) is 0 Å². The monoisotopic (exact) mass is 330 g/mol. The molecule has 128 valence electrons. The number of amides is 1. The first-order chi connectivity index (χ1) is 11.4. The van der Waals surface area contributed by atoms with Gasteiger partial charge in [0.1, 0.15) is 0 Å². The number of nitrogens with zero attached hydrogens (tertiary/aromatic N) is 4. The summed E-state index contributed by atoms with van der Waals surface area (Å²) in [6, 6.07) is 1.91. The minimum absolute atomic E-state index is 0.139. The van der Waals surface area contributed by atoms with Gasteiger partial charge in [-0.1, -0.05) is 0 Å². The molecule has 1 aliphatic rings. The van der Waals surface area contributed by atoms with Gasteiger partial charge in [-0.15, -0.1) is 0 Å². The van der Waals surface area contributed by atoms with E-state index in [1.807, 2.05) is 20.8 Å². The van der Waals surface area contributed by atoms with Gasteiger partial charge in [-0.2, -0.15) is 5.10 Å². The van der Waals surface area contributed by atoms with Crippen LogP contribution in [-0.2, 0) is 4.79 Å². The lowest BCUT2D eigenvalue weighted by Gasteiger charge is -2.31. The van der Waals surface area contributed by atoms with Crippen LogP contribution in [-0.4, -0.2) is 49.7 Å². The van der Waals surface area contributed by atoms with Crippen molar-refractivity contribution in [3.63, 3.8) is 0 Å². The van der Waals surface area contributed by atoms with E-state index >= 15 is 0 Å². The summed E-state index contributed by atoms with van der Waals surface area (Å²) in [5.41, 5.74) is 2.00. The number of carbonyl (C=O) groups is 2. The Morgan fingerprint density at radius 1 is 1.38 bits per heavy atom. The first kappa shape index (κ1) is 16.4. The average Bonchev–Trinajstić information content (AvgIpc) is 2.97. The number of aryl methyl sites for hydroxylation is 1. The second kappa shape index (κ2) is 6.22. The van der Waals surface area contributed by atoms with Crippen LogP contribution in [0.15, 0.2) is 12.3 Å². The molecule has 1 aliphatic heterocycles. The highest BCUT2D eigenvalue weighted by atomic mass is 16.4. The molecule has 2 aromatic heterocycles. The Bertz CT molecular complexity index is 796. The number of pyridine rings is 1. The summed E-state index contributed by atoms with van der Waals surface area (Å²) in [6.07, 6.45) is 3.00. The molecule has 0 bridgehead atoms. The van der Waals surface area contributed by atoms with Gasteiger partial charge in [0.05, 0.1) is 23.1 Å². The molecule has 1 fully saturated rings. The third kappa shape index (κ3) is 2.86. The fourth-order valence-corrected chi connectivity index (χ4v) is 3.23. The van der Waals surface area contributed by atoms with Crippen LogP contribution in [0, 0.1) is 12.8 Å². The van der Waals surface area contributed by atoms with Crippen LogP contribution >= 0.6 is 0 Å². The lowest BCUT2D eigenvalue weighted by Crippen LogP contribution is -2.42. The van der Waals surface area contributed by atoms with Gasteiger partial charge in [0.15, 0.2) is 5.65 Å². The number of carbonyl (C=O) groups excluding carboxylic acids is 1. The third-order valence-corrected chi connectivity index (χ3v) is 4.47. The number of piperidine rings is 1. The molecule has 0 radical (unpaired) electrons. The molecule has 1 atom stereocenters. The summed E-state index contributed by atoms with van der Waals surface area (Å²) in [7, 11) is 0. The number of carboxylic acid groups (broad SMARTS) is 1. The highest BCUT2D eigenvalue weighted by Crippen LogP contribution is 2.24. The van der Waals surface area contributed by atoms with E-state index < -0.39 is 11.9 Å². The fraction of sp³-hybridized carbons (Fsp3) is 0.529. The zero-order chi connectivity index (χ0) is 17.4. The largest absolute Gasteiger partial charge is 0.481 e. The van der Waals surface area contributed by atoms with Crippen molar-refractivity contribution in [1.82, 2.24) is 19.7 Å². The van der Waals surface area contributed by atoms with E-state index in [-0.39, 0.29) is 18.5 Å². The second-order valence-electron chi connectivity index (χ2n) is 6.66. The molecular weight excluding hydrogens is 308 g/mol. The van der Waals surface area contributed by atoms with Crippen molar-refractivity contribution in [1.29, 1.82) is 0 Å². The molecule has 0 saturated carbocycles. The van der Waals surface area contributed by atoms with Crippen LogP contribution in [0.1, 0.15) is 48.8 Å². The number of fused-ring (bicyclic) bond motifs is 1. The van der Waals surface area contributed by atoms with Gasteiger partial charge in [0.25, 0.3) is 5.91 Å². The topological polar surface area (TPSA) is 88.3 Å². The predicted molar refractivity (Wildman–Crippen MR) is 88.9 cm³/mol. The van der Waals surface area contributed by atoms with Gasteiger partial charge in [0.2, 0.25) is 0 Å². The van der Waals surface area contributed by atoms with Crippen LogP contribution in [0.2, 0.25) is 0 Å². The number of aromatic nitrogens is 3. The maximum atomic E-state index is 13.0. The molecule has 24 heavy (non-hydrogen) atoms. The molecular formula is C17H22N4O3. The van der Waals surface area contributed by atoms with Gasteiger partial charge >= 0.3 is 5.97 Å². The van der Waals surface area contributed by atoms with Crippen LogP contribution in [0.3, 0.4) is 0 Å².